The van der Waals surface area contributed by atoms with Crippen molar-refractivity contribution < 1.29 is 14.3 Å². The van der Waals surface area contributed by atoms with Crippen molar-refractivity contribution in [3.8, 4) is 0 Å². The molecule has 1 saturated heterocycles. The summed E-state index contributed by atoms with van der Waals surface area (Å²) >= 11 is 0. The Morgan fingerprint density at radius 2 is 1.94 bits per heavy atom. The van der Waals surface area contributed by atoms with Crippen molar-refractivity contribution >= 4 is 11.8 Å². The van der Waals surface area contributed by atoms with Crippen molar-refractivity contribution in [1.82, 2.24) is 19.6 Å². The summed E-state index contributed by atoms with van der Waals surface area (Å²) in [7, 11) is 0. The number of carbonyl (C=O) groups excluding carboxylic acids is 2. The normalized spacial score (nSPS) is 21.1. The van der Waals surface area contributed by atoms with E-state index in [1.807, 2.05) is 42.5 Å². The fourth-order valence-corrected chi connectivity index (χ4v) is 4.18. The number of rotatable bonds is 5. The summed E-state index contributed by atoms with van der Waals surface area (Å²) in [4.78, 5) is 42.0. The minimum atomic E-state index is -1.09. The lowest BCUT2D eigenvalue weighted by atomic mass is 9.95. The van der Waals surface area contributed by atoms with E-state index in [0.29, 0.717) is 31.7 Å². The van der Waals surface area contributed by atoms with E-state index in [9.17, 15) is 14.4 Å². The van der Waals surface area contributed by atoms with Crippen LogP contribution >= 0.6 is 0 Å². The van der Waals surface area contributed by atoms with Crippen LogP contribution in [0.3, 0.4) is 0 Å². The zero-order chi connectivity index (χ0) is 22.6. The number of aromatic nitrogens is 2. The highest BCUT2D eigenvalue weighted by Gasteiger charge is 2.46. The van der Waals surface area contributed by atoms with Crippen LogP contribution in [-0.4, -0.2) is 69.8 Å². The Labute approximate surface area is 187 Å². The van der Waals surface area contributed by atoms with E-state index in [0.717, 1.165) is 6.42 Å². The zero-order valence-corrected chi connectivity index (χ0v) is 18.3. The van der Waals surface area contributed by atoms with Gasteiger partial charge in [0.2, 0.25) is 5.91 Å². The third-order valence-electron chi connectivity index (χ3n) is 5.95. The second kappa shape index (κ2) is 9.48. The van der Waals surface area contributed by atoms with Crippen LogP contribution in [0.15, 0.2) is 59.4 Å². The molecule has 32 heavy (non-hydrogen) atoms. The second-order valence-corrected chi connectivity index (χ2v) is 8.29. The molecule has 2 aliphatic heterocycles. The van der Waals surface area contributed by atoms with Crippen molar-refractivity contribution in [3.63, 3.8) is 0 Å². The molecule has 2 amide bonds. The van der Waals surface area contributed by atoms with Crippen molar-refractivity contribution in [2.45, 2.75) is 31.9 Å². The van der Waals surface area contributed by atoms with E-state index >= 15 is 0 Å². The topological polar surface area (TPSA) is 84.7 Å². The predicted octanol–water partition coefficient (Wildman–Crippen LogP) is 1.18. The molecule has 168 valence electrons. The maximum absolute atomic E-state index is 13.5. The standard InChI is InChI=1S/C24H28N4O4/c1-19-9-10-21(29)28(25-19)17-22(30)27-15-16-32-24(18-27)12-5-6-13-26(23(24)31)14-11-20-7-3-2-4-8-20/h2-10H,11-18H2,1H3. The predicted molar refractivity (Wildman–Crippen MR) is 119 cm³/mol. The van der Waals surface area contributed by atoms with Gasteiger partial charge in [-0.3, -0.25) is 14.4 Å². The molecule has 2 aromatic rings. The van der Waals surface area contributed by atoms with E-state index in [1.54, 1.807) is 22.8 Å². The molecule has 8 heteroatoms. The van der Waals surface area contributed by atoms with Crippen LogP contribution in [0.25, 0.3) is 0 Å². The van der Waals surface area contributed by atoms with Crippen LogP contribution in [0.5, 0.6) is 0 Å². The number of hydrogen-bond acceptors (Lipinski definition) is 5. The van der Waals surface area contributed by atoms with Gasteiger partial charge in [-0.1, -0.05) is 42.5 Å². The second-order valence-electron chi connectivity index (χ2n) is 8.29. The number of morpholine rings is 1. The van der Waals surface area contributed by atoms with E-state index < -0.39 is 5.60 Å². The summed E-state index contributed by atoms with van der Waals surface area (Å²) in [5.41, 5.74) is 0.407. The molecular weight excluding hydrogens is 408 g/mol. The largest absolute Gasteiger partial charge is 0.361 e. The van der Waals surface area contributed by atoms with Gasteiger partial charge in [-0.05, 0) is 25.0 Å². The van der Waals surface area contributed by atoms with Gasteiger partial charge in [-0.15, -0.1) is 0 Å². The molecule has 0 aliphatic carbocycles. The smallest absolute Gasteiger partial charge is 0.267 e. The molecule has 1 spiro atoms. The Bertz CT molecular complexity index is 1070. The van der Waals surface area contributed by atoms with Crippen LogP contribution in [0.2, 0.25) is 0 Å². The number of carbonyl (C=O) groups is 2. The number of ether oxygens (including phenoxy) is 1. The molecule has 0 bridgehead atoms. The van der Waals surface area contributed by atoms with Crippen LogP contribution < -0.4 is 5.56 Å². The summed E-state index contributed by atoms with van der Waals surface area (Å²) in [5, 5.41) is 4.15. The lowest BCUT2D eigenvalue weighted by Crippen LogP contribution is -2.61. The average Bonchev–Trinajstić information content (AvgIpc) is 2.95. The quantitative estimate of drug-likeness (QED) is 0.658. The van der Waals surface area contributed by atoms with Gasteiger partial charge < -0.3 is 14.5 Å². The first-order chi connectivity index (χ1) is 15.5. The number of amides is 2. The summed E-state index contributed by atoms with van der Waals surface area (Å²) in [6.07, 6.45) is 5.11. The highest BCUT2D eigenvalue weighted by molar-refractivity contribution is 5.87. The molecule has 1 aromatic heterocycles. The Morgan fingerprint density at radius 3 is 2.75 bits per heavy atom. The number of benzene rings is 1. The van der Waals surface area contributed by atoms with Gasteiger partial charge in [0.25, 0.3) is 11.5 Å². The van der Waals surface area contributed by atoms with Gasteiger partial charge in [0.05, 0.1) is 18.8 Å². The third kappa shape index (κ3) is 4.80. The maximum Gasteiger partial charge on any atom is 0.267 e. The van der Waals surface area contributed by atoms with Crippen molar-refractivity contribution in [2.75, 3.05) is 32.8 Å². The first kappa shape index (κ1) is 22.0. The summed E-state index contributed by atoms with van der Waals surface area (Å²) in [5.74, 6) is -0.341. The molecule has 2 aliphatic rings. The Hall–Kier alpha value is -3.26. The van der Waals surface area contributed by atoms with Crippen molar-refractivity contribution in [1.29, 1.82) is 0 Å². The molecule has 0 N–H and O–H groups in total. The number of aryl methyl sites for hydroxylation is 1. The third-order valence-corrected chi connectivity index (χ3v) is 5.95. The average molecular weight is 437 g/mol. The van der Waals surface area contributed by atoms with Gasteiger partial charge in [-0.2, -0.15) is 5.10 Å². The zero-order valence-electron chi connectivity index (χ0n) is 18.3. The molecule has 1 unspecified atom stereocenters. The van der Waals surface area contributed by atoms with E-state index in [2.05, 4.69) is 5.10 Å². The van der Waals surface area contributed by atoms with Gasteiger partial charge in [0.1, 0.15) is 6.54 Å². The lowest BCUT2D eigenvalue weighted by molar-refractivity contribution is -0.173. The number of nitrogens with zero attached hydrogens (tertiary/aromatic N) is 4. The number of hydrogen-bond donors (Lipinski definition) is 0. The molecule has 4 rings (SSSR count). The molecule has 1 aromatic carbocycles. The van der Waals surface area contributed by atoms with Crippen molar-refractivity contribution in [2.24, 2.45) is 0 Å². The van der Waals surface area contributed by atoms with Crippen LogP contribution in [0.1, 0.15) is 17.7 Å². The first-order valence-electron chi connectivity index (χ1n) is 10.9. The van der Waals surface area contributed by atoms with Gasteiger partial charge in [0.15, 0.2) is 5.60 Å². The lowest BCUT2D eigenvalue weighted by Gasteiger charge is -2.42. The SMILES string of the molecule is Cc1ccc(=O)n(CC(=O)N2CCOC3(CC=CCN(CCc4ccccc4)C3=O)C2)n1. The van der Waals surface area contributed by atoms with Crippen LogP contribution in [0.4, 0.5) is 0 Å². The summed E-state index contributed by atoms with van der Waals surface area (Å²) < 4.78 is 7.20. The van der Waals surface area contributed by atoms with Crippen molar-refractivity contribution in [3.05, 3.63) is 76.2 Å². The molecule has 1 atom stereocenters. The minimum absolute atomic E-state index is 0.0956. The summed E-state index contributed by atoms with van der Waals surface area (Å²) in [6, 6.07) is 13.1. The molecule has 0 saturated carbocycles. The maximum atomic E-state index is 13.5. The van der Waals surface area contributed by atoms with Gasteiger partial charge in [0, 0.05) is 32.1 Å². The van der Waals surface area contributed by atoms with E-state index in [-0.39, 0.29) is 37.1 Å². The Morgan fingerprint density at radius 1 is 1.12 bits per heavy atom. The van der Waals surface area contributed by atoms with Crippen LogP contribution in [0, 0.1) is 6.92 Å². The highest BCUT2D eigenvalue weighted by Crippen LogP contribution is 2.28. The molecular formula is C24H28N4O4. The fourth-order valence-electron chi connectivity index (χ4n) is 4.18. The first-order valence-corrected chi connectivity index (χ1v) is 10.9. The molecule has 3 heterocycles. The van der Waals surface area contributed by atoms with Gasteiger partial charge in [-0.25, -0.2) is 4.68 Å². The van der Waals surface area contributed by atoms with E-state index in [4.69, 9.17) is 4.74 Å². The Balaban J connectivity index is 1.47. The van der Waals surface area contributed by atoms with Gasteiger partial charge >= 0.3 is 0 Å². The Kier molecular flexibility index (Phi) is 6.50. The molecule has 1 fully saturated rings. The van der Waals surface area contributed by atoms with E-state index in [1.165, 1.54) is 16.3 Å². The fraction of sp³-hybridized carbons (Fsp3) is 0.417. The van der Waals surface area contributed by atoms with Crippen LogP contribution in [-0.2, 0) is 27.3 Å². The molecule has 0 radical (unpaired) electrons. The summed E-state index contributed by atoms with van der Waals surface area (Å²) in [6.45, 7) is 3.53. The monoisotopic (exact) mass is 436 g/mol. The molecule has 8 nitrogen and oxygen atoms in total. The highest BCUT2D eigenvalue weighted by atomic mass is 16.5. The minimum Gasteiger partial charge on any atom is -0.361 e.